The second-order valence-electron chi connectivity index (χ2n) is 1.33. The van der Waals surface area contributed by atoms with Gasteiger partial charge in [0.1, 0.15) is 0 Å². The van der Waals surface area contributed by atoms with Crippen molar-refractivity contribution in [3.05, 3.63) is 11.4 Å². The summed E-state index contributed by atoms with van der Waals surface area (Å²) in [5.74, 6) is 0.824. The van der Waals surface area contributed by atoms with E-state index in [9.17, 15) is 0 Å². The summed E-state index contributed by atoms with van der Waals surface area (Å²) >= 11 is 1.60. The molecule has 0 unspecified atom stereocenters. The summed E-state index contributed by atoms with van der Waals surface area (Å²) in [6, 6.07) is 1.88. The number of anilines is 1. The Morgan fingerprint density at radius 3 is 2.50 bits per heavy atom. The van der Waals surface area contributed by atoms with E-state index in [1.54, 1.807) is 11.5 Å². The van der Waals surface area contributed by atoms with Crippen molar-refractivity contribution in [2.75, 3.05) is 5.73 Å². The first kappa shape index (κ1) is 7.72. The van der Waals surface area contributed by atoms with Crippen molar-refractivity contribution < 1.29 is 16.4 Å². The molecule has 2 N–H and O–H groups in total. The smallest absolute Gasteiger partial charge is 0.284 e. The number of hydrogen-bond donors (Lipinski definition) is 1. The maximum Gasteiger partial charge on any atom is 0.284 e. The van der Waals surface area contributed by atoms with Gasteiger partial charge >= 0.3 is 0 Å². The molecule has 1 aromatic heterocycles. The predicted molar refractivity (Wildman–Crippen MR) is 29.9 cm³/mol. The van der Waals surface area contributed by atoms with Crippen molar-refractivity contribution in [3.63, 3.8) is 0 Å². The van der Waals surface area contributed by atoms with Gasteiger partial charge in [-0.2, -0.15) is 3.96 Å². The number of nitrogen functional groups attached to an aromatic ring is 1. The van der Waals surface area contributed by atoms with Gasteiger partial charge in [-0.25, -0.2) is 0 Å². The first-order chi connectivity index (χ1) is 3.30. The van der Waals surface area contributed by atoms with E-state index in [-0.39, 0.29) is 12.4 Å². The van der Waals surface area contributed by atoms with Crippen LogP contribution >= 0.6 is 11.5 Å². The minimum absolute atomic E-state index is 0. The Morgan fingerprint density at radius 2 is 2.38 bits per heavy atom. The molecule has 0 saturated carbocycles. The number of nitrogens with two attached hydrogens (primary N) is 1. The van der Waals surface area contributed by atoms with Crippen LogP contribution in [0.5, 0.6) is 0 Å². The molecule has 0 aliphatic heterocycles. The average molecular weight is 151 g/mol. The van der Waals surface area contributed by atoms with E-state index in [4.69, 9.17) is 5.73 Å². The number of hydrogen-bond acceptors (Lipinski definition) is 2. The third-order valence-corrected chi connectivity index (χ3v) is 1.61. The molecule has 0 spiro atoms. The highest BCUT2D eigenvalue weighted by Crippen LogP contribution is 1.94. The molecule has 46 valence electrons. The van der Waals surface area contributed by atoms with Crippen molar-refractivity contribution in [1.29, 1.82) is 0 Å². The van der Waals surface area contributed by atoms with Crippen LogP contribution in [0.4, 0.5) is 5.82 Å². The van der Waals surface area contributed by atoms with Gasteiger partial charge in [0.15, 0.2) is 0 Å². The zero-order chi connectivity index (χ0) is 5.28. The normalized spacial score (nSPS) is 8.12. The minimum Gasteiger partial charge on any atom is -1.00 e. The third-order valence-electron chi connectivity index (χ3n) is 0.821. The highest BCUT2D eigenvalue weighted by molar-refractivity contribution is 6.99. The Morgan fingerprint density at radius 1 is 1.75 bits per heavy atom. The van der Waals surface area contributed by atoms with Crippen molar-refractivity contribution in [1.82, 2.24) is 0 Å². The fourth-order valence-corrected chi connectivity index (χ4v) is 0.923. The lowest BCUT2D eigenvalue weighted by Crippen LogP contribution is -3.00. The second kappa shape index (κ2) is 2.89. The summed E-state index contributed by atoms with van der Waals surface area (Å²) < 4.78 is 1.90. The Hall–Kier alpha value is -0.280. The SMILES string of the molecule is C[n+]1sccc1N.[Cl-]. The van der Waals surface area contributed by atoms with Gasteiger partial charge in [0.25, 0.3) is 5.82 Å². The summed E-state index contributed by atoms with van der Waals surface area (Å²) in [5.41, 5.74) is 5.41. The lowest BCUT2D eigenvalue weighted by Gasteiger charge is -1.76. The first-order valence-corrected chi connectivity index (χ1v) is 2.84. The molecule has 8 heavy (non-hydrogen) atoms. The van der Waals surface area contributed by atoms with Crippen LogP contribution in [0.15, 0.2) is 11.4 Å². The Bertz CT molecular complexity index is 146. The quantitative estimate of drug-likeness (QED) is 0.397. The van der Waals surface area contributed by atoms with Crippen LogP contribution in [-0.4, -0.2) is 0 Å². The van der Waals surface area contributed by atoms with Crippen molar-refractivity contribution in [3.8, 4) is 0 Å². The van der Waals surface area contributed by atoms with Crippen molar-refractivity contribution in [2.45, 2.75) is 0 Å². The van der Waals surface area contributed by atoms with Gasteiger partial charge in [-0.3, -0.25) is 5.73 Å². The van der Waals surface area contributed by atoms with E-state index < -0.39 is 0 Å². The third kappa shape index (κ3) is 1.35. The molecular weight excluding hydrogens is 144 g/mol. The maximum absolute atomic E-state index is 5.41. The van der Waals surface area contributed by atoms with Gasteiger partial charge in [-0.05, 0) is 0 Å². The molecule has 2 nitrogen and oxygen atoms in total. The molecule has 1 aromatic rings. The van der Waals surface area contributed by atoms with Crippen molar-refractivity contribution >= 4 is 17.4 Å². The van der Waals surface area contributed by atoms with Crippen LogP contribution in [0.25, 0.3) is 0 Å². The first-order valence-electron chi connectivity index (χ1n) is 2.00. The van der Waals surface area contributed by atoms with Crippen LogP contribution in [-0.2, 0) is 7.05 Å². The molecule has 0 amide bonds. The molecule has 4 heteroatoms. The van der Waals surface area contributed by atoms with E-state index in [1.807, 2.05) is 22.5 Å². The fraction of sp³-hybridized carbons (Fsp3) is 0.250. The highest BCUT2D eigenvalue weighted by Gasteiger charge is 1.94. The molecule has 0 fully saturated rings. The van der Waals surface area contributed by atoms with Gasteiger partial charge in [-0.15, -0.1) is 0 Å². The monoisotopic (exact) mass is 150 g/mol. The minimum atomic E-state index is 0. The maximum atomic E-state index is 5.41. The van der Waals surface area contributed by atoms with E-state index in [0.717, 1.165) is 5.82 Å². The summed E-state index contributed by atoms with van der Waals surface area (Å²) in [6.07, 6.45) is 0. The number of aryl methyl sites for hydroxylation is 1. The fourth-order valence-electron chi connectivity index (χ4n) is 0.357. The van der Waals surface area contributed by atoms with E-state index in [2.05, 4.69) is 0 Å². The van der Waals surface area contributed by atoms with Crippen molar-refractivity contribution in [2.24, 2.45) is 7.05 Å². The van der Waals surface area contributed by atoms with Crippen LogP contribution in [0, 0.1) is 0 Å². The molecular formula is C4H7ClN2S. The Labute approximate surface area is 58.5 Å². The molecule has 1 heterocycles. The molecule has 0 aromatic carbocycles. The lowest BCUT2D eigenvalue weighted by atomic mass is 10.7. The van der Waals surface area contributed by atoms with Gasteiger partial charge in [0, 0.05) is 23.0 Å². The zero-order valence-electron chi connectivity index (χ0n) is 4.47. The Balaban J connectivity index is 0.000000490. The average Bonchev–Trinajstić information content (AvgIpc) is 1.91. The number of rotatable bonds is 0. The molecule has 0 aliphatic carbocycles. The van der Waals surface area contributed by atoms with Crippen LogP contribution in [0.1, 0.15) is 0 Å². The van der Waals surface area contributed by atoms with Crippen LogP contribution in [0.2, 0.25) is 0 Å². The highest BCUT2D eigenvalue weighted by atomic mass is 35.5. The van der Waals surface area contributed by atoms with Crippen LogP contribution < -0.4 is 22.1 Å². The molecule has 0 radical (unpaired) electrons. The molecule has 0 aliphatic rings. The summed E-state index contributed by atoms with van der Waals surface area (Å²) in [5, 5.41) is 1.95. The number of aromatic nitrogens is 1. The van der Waals surface area contributed by atoms with E-state index in [1.165, 1.54) is 0 Å². The zero-order valence-corrected chi connectivity index (χ0v) is 6.04. The van der Waals surface area contributed by atoms with E-state index in [0.29, 0.717) is 0 Å². The summed E-state index contributed by atoms with van der Waals surface area (Å²) in [4.78, 5) is 0. The molecule has 0 saturated heterocycles. The number of halogens is 1. The predicted octanol–water partition coefficient (Wildman–Crippen LogP) is -2.84. The van der Waals surface area contributed by atoms with Gasteiger partial charge in [0.2, 0.25) is 0 Å². The van der Waals surface area contributed by atoms with Gasteiger partial charge in [-0.1, -0.05) is 0 Å². The van der Waals surface area contributed by atoms with Crippen LogP contribution in [0.3, 0.4) is 0 Å². The molecule has 0 bridgehead atoms. The largest absolute Gasteiger partial charge is 1.00 e. The molecule has 1 rings (SSSR count). The second-order valence-corrected chi connectivity index (χ2v) is 2.36. The molecule has 0 atom stereocenters. The summed E-state index contributed by atoms with van der Waals surface area (Å²) in [7, 11) is 1.93. The number of nitrogens with zero attached hydrogens (tertiary/aromatic N) is 1. The summed E-state index contributed by atoms with van der Waals surface area (Å²) in [6.45, 7) is 0. The standard InChI is InChI=1S/C4H6N2S.ClH/c1-6-4(5)2-3-7-6;/h2-3,5H,1H3;1H. The topological polar surface area (TPSA) is 29.9 Å². The Kier molecular flexibility index (Phi) is 2.79. The lowest BCUT2D eigenvalue weighted by molar-refractivity contribution is -0.585. The van der Waals surface area contributed by atoms with E-state index >= 15 is 0 Å². The van der Waals surface area contributed by atoms with Gasteiger partial charge in [0.05, 0.1) is 7.05 Å². The van der Waals surface area contributed by atoms with Gasteiger partial charge < -0.3 is 12.4 Å².